The topological polar surface area (TPSA) is 96.7 Å². The quantitative estimate of drug-likeness (QED) is 0.490. The van der Waals surface area contributed by atoms with Crippen molar-refractivity contribution < 1.29 is 33.8 Å². The molecular weight excluding hydrogens is 210 g/mol. The molecular formula is C8H18ClNO4. The largest absolute Gasteiger partial charge is 0.337 e. The molecule has 0 radical (unpaired) electrons. The Balaban J connectivity index is 0.000000292. The Labute approximate surface area is 86.7 Å². The van der Waals surface area contributed by atoms with Gasteiger partial charge in [-0.15, -0.1) is 10.2 Å². The first kappa shape index (κ1) is 14.1. The van der Waals surface area contributed by atoms with Gasteiger partial charge in [-0.3, -0.25) is 0 Å². The van der Waals surface area contributed by atoms with Crippen LogP contribution in [0.1, 0.15) is 32.1 Å². The van der Waals surface area contributed by atoms with E-state index < -0.39 is 10.2 Å². The number of rotatable bonds is 1. The number of hydrogen-bond acceptors (Lipinski definition) is 4. The monoisotopic (exact) mass is 227 g/mol. The molecule has 1 aliphatic rings. The molecule has 1 saturated carbocycles. The average Bonchev–Trinajstić information content (AvgIpc) is 2.03. The van der Waals surface area contributed by atoms with Crippen molar-refractivity contribution in [3.63, 3.8) is 0 Å². The Bertz CT molecular complexity index is 137. The zero-order chi connectivity index (χ0) is 11.2. The maximum atomic E-state index is 8.49. The molecule has 0 spiro atoms. The van der Waals surface area contributed by atoms with Crippen LogP contribution < -0.4 is 23.5 Å². The third kappa shape index (κ3) is 10.2. The van der Waals surface area contributed by atoms with Gasteiger partial charge in [-0.25, -0.2) is 18.6 Å². The SMILES string of the molecule is C[NH+](C)C1CCCCC1.[O-][Cl+3]([O-])([O-])[O-]. The van der Waals surface area contributed by atoms with Crippen molar-refractivity contribution in [1.29, 1.82) is 0 Å². The van der Waals surface area contributed by atoms with Gasteiger partial charge < -0.3 is 4.90 Å². The molecule has 1 rings (SSSR count). The van der Waals surface area contributed by atoms with Crippen LogP contribution in [0.2, 0.25) is 0 Å². The van der Waals surface area contributed by atoms with Gasteiger partial charge in [0.25, 0.3) is 0 Å². The highest BCUT2D eigenvalue weighted by atomic mass is 35.7. The Hall–Kier alpha value is 0.0900. The van der Waals surface area contributed by atoms with Crippen molar-refractivity contribution in [2.24, 2.45) is 0 Å². The summed E-state index contributed by atoms with van der Waals surface area (Å²) >= 11 is 0. The third-order valence-corrected chi connectivity index (χ3v) is 2.42. The Kier molecular flexibility index (Phi) is 6.59. The highest BCUT2D eigenvalue weighted by molar-refractivity contribution is 4.62. The predicted molar refractivity (Wildman–Crippen MR) is 39.7 cm³/mol. The molecule has 1 N–H and O–H groups in total. The Morgan fingerprint density at radius 2 is 1.29 bits per heavy atom. The minimum absolute atomic E-state index is 0.971. The van der Waals surface area contributed by atoms with Crippen molar-refractivity contribution >= 4 is 0 Å². The standard InChI is InChI=1S/C8H17N.ClHO4/c1-9(2)8-6-4-3-5-7-8;2-1(3,4)5/h8H,3-7H2,1-2H3;(H,2,3,4,5). The lowest BCUT2D eigenvalue weighted by atomic mass is 9.95. The molecule has 0 aromatic carbocycles. The van der Waals surface area contributed by atoms with Crippen molar-refractivity contribution in [2.75, 3.05) is 14.1 Å². The lowest BCUT2D eigenvalue weighted by molar-refractivity contribution is -2.00. The fourth-order valence-corrected chi connectivity index (χ4v) is 1.68. The normalized spacial score (nSPS) is 19.1. The Morgan fingerprint density at radius 1 is 0.929 bits per heavy atom. The van der Waals surface area contributed by atoms with Crippen molar-refractivity contribution in [3.8, 4) is 0 Å². The zero-order valence-corrected chi connectivity index (χ0v) is 9.38. The molecule has 1 fully saturated rings. The molecule has 6 heteroatoms. The van der Waals surface area contributed by atoms with Crippen LogP contribution in [-0.2, 0) is 0 Å². The van der Waals surface area contributed by atoms with E-state index in [2.05, 4.69) is 14.1 Å². The summed E-state index contributed by atoms with van der Waals surface area (Å²) in [6.07, 6.45) is 7.33. The first-order valence-electron chi connectivity index (χ1n) is 4.72. The summed E-state index contributed by atoms with van der Waals surface area (Å²) in [5.41, 5.74) is 0. The summed E-state index contributed by atoms with van der Waals surface area (Å²) in [6.45, 7) is 0. The number of halogens is 1. The van der Waals surface area contributed by atoms with E-state index in [0.717, 1.165) is 6.04 Å². The van der Waals surface area contributed by atoms with Crippen LogP contribution in [0.3, 0.4) is 0 Å². The number of nitrogens with one attached hydrogen (secondary N) is 1. The summed E-state index contributed by atoms with van der Waals surface area (Å²) < 4.78 is 34.0. The first-order chi connectivity index (χ1) is 6.30. The van der Waals surface area contributed by atoms with Crippen LogP contribution >= 0.6 is 0 Å². The van der Waals surface area contributed by atoms with Crippen molar-refractivity contribution in [1.82, 2.24) is 0 Å². The van der Waals surface area contributed by atoms with E-state index in [-0.39, 0.29) is 0 Å². The second-order valence-corrected chi connectivity index (χ2v) is 4.55. The molecule has 0 amide bonds. The van der Waals surface area contributed by atoms with Gasteiger partial charge in [0.1, 0.15) is 0 Å². The molecule has 0 atom stereocenters. The second kappa shape index (κ2) is 6.55. The van der Waals surface area contributed by atoms with Gasteiger partial charge >= 0.3 is 0 Å². The predicted octanol–water partition coefficient (Wildman–Crippen LogP) is -4.29. The van der Waals surface area contributed by atoms with Crippen LogP contribution in [0, 0.1) is 10.2 Å². The van der Waals surface area contributed by atoms with Crippen LogP contribution in [0.15, 0.2) is 0 Å². The molecule has 5 nitrogen and oxygen atoms in total. The maximum Gasteiger partial charge on any atom is 0.0870 e. The summed E-state index contributed by atoms with van der Waals surface area (Å²) in [4.78, 5) is 1.65. The molecule has 0 unspecified atom stereocenters. The lowest BCUT2D eigenvalue weighted by Crippen LogP contribution is -3.10. The molecule has 1 aliphatic carbocycles. The van der Waals surface area contributed by atoms with Crippen LogP contribution in [-0.4, -0.2) is 20.1 Å². The fraction of sp³-hybridized carbons (Fsp3) is 1.00. The molecule has 0 heterocycles. The summed E-state index contributed by atoms with van der Waals surface area (Å²) in [5.74, 6) is 0. The first-order valence-corrected chi connectivity index (χ1v) is 5.96. The molecule has 14 heavy (non-hydrogen) atoms. The van der Waals surface area contributed by atoms with Gasteiger partial charge in [0.15, 0.2) is 0 Å². The minimum Gasteiger partial charge on any atom is -0.337 e. The molecule has 0 aromatic rings. The summed E-state index contributed by atoms with van der Waals surface area (Å²) in [7, 11) is -0.397. The van der Waals surface area contributed by atoms with E-state index in [1.807, 2.05) is 0 Å². The number of hydrogen-bond donors (Lipinski definition) is 1. The van der Waals surface area contributed by atoms with Gasteiger partial charge in [-0.1, -0.05) is 6.42 Å². The maximum absolute atomic E-state index is 8.49. The van der Waals surface area contributed by atoms with E-state index >= 15 is 0 Å². The molecule has 0 aromatic heterocycles. The van der Waals surface area contributed by atoms with E-state index in [4.69, 9.17) is 18.6 Å². The molecule has 86 valence electrons. The number of quaternary nitrogens is 1. The van der Waals surface area contributed by atoms with Crippen LogP contribution in [0.4, 0.5) is 0 Å². The fourth-order valence-electron chi connectivity index (χ4n) is 1.68. The smallest absolute Gasteiger partial charge is 0.0870 e. The lowest BCUT2D eigenvalue weighted by Gasteiger charge is -2.24. The van der Waals surface area contributed by atoms with Crippen LogP contribution in [0.25, 0.3) is 0 Å². The summed E-state index contributed by atoms with van der Waals surface area (Å²) in [5, 5.41) is 0. The third-order valence-electron chi connectivity index (χ3n) is 2.42. The van der Waals surface area contributed by atoms with Crippen molar-refractivity contribution in [3.05, 3.63) is 0 Å². The second-order valence-electron chi connectivity index (χ2n) is 3.79. The van der Waals surface area contributed by atoms with Gasteiger partial charge in [0, 0.05) is 0 Å². The van der Waals surface area contributed by atoms with Crippen LogP contribution in [0.5, 0.6) is 0 Å². The average molecular weight is 228 g/mol. The summed E-state index contributed by atoms with van der Waals surface area (Å²) in [6, 6.07) is 0.971. The van der Waals surface area contributed by atoms with Gasteiger partial charge in [-0.05, 0) is 25.7 Å². The van der Waals surface area contributed by atoms with E-state index in [0.29, 0.717) is 0 Å². The highest BCUT2D eigenvalue weighted by Gasteiger charge is 2.17. The zero-order valence-electron chi connectivity index (χ0n) is 8.62. The molecule has 0 saturated heterocycles. The van der Waals surface area contributed by atoms with Gasteiger partial charge in [0.2, 0.25) is 0 Å². The Morgan fingerprint density at radius 3 is 1.50 bits per heavy atom. The molecule has 0 aliphatic heterocycles. The van der Waals surface area contributed by atoms with E-state index in [9.17, 15) is 0 Å². The van der Waals surface area contributed by atoms with Crippen molar-refractivity contribution in [2.45, 2.75) is 38.1 Å². The highest BCUT2D eigenvalue weighted by Crippen LogP contribution is 2.14. The van der Waals surface area contributed by atoms with E-state index in [1.165, 1.54) is 32.1 Å². The van der Waals surface area contributed by atoms with Gasteiger partial charge in [-0.2, -0.15) is 0 Å². The molecule has 0 bridgehead atoms. The van der Waals surface area contributed by atoms with Gasteiger partial charge in [0.05, 0.1) is 20.1 Å². The minimum atomic E-state index is -4.94. The van der Waals surface area contributed by atoms with E-state index in [1.54, 1.807) is 4.90 Å².